The van der Waals surface area contributed by atoms with Gasteiger partial charge in [0.05, 0.1) is 23.6 Å². The molecule has 3 heterocycles. The van der Waals surface area contributed by atoms with Gasteiger partial charge in [0.2, 0.25) is 5.76 Å². The first-order valence-corrected chi connectivity index (χ1v) is 12.5. The van der Waals surface area contributed by atoms with E-state index in [0.29, 0.717) is 29.0 Å². The molecule has 0 fully saturated rings. The number of carbonyl (C=O) groups is 1. The van der Waals surface area contributed by atoms with E-state index in [1.807, 2.05) is 62.4 Å². The van der Waals surface area contributed by atoms with Gasteiger partial charge in [-0.05, 0) is 67.8 Å². The van der Waals surface area contributed by atoms with Gasteiger partial charge in [0, 0.05) is 6.20 Å². The maximum absolute atomic E-state index is 13.8. The Labute approximate surface area is 210 Å². The highest BCUT2D eigenvalue weighted by Crippen LogP contribution is 2.41. The Morgan fingerprint density at radius 1 is 0.944 bits per heavy atom. The molecular weight excluding hydrogens is 452 g/mol. The van der Waals surface area contributed by atoms with E-state index in [1.165, 1.54) is 12.8 Å². The molecule has 2 aromatic carbocycles. The highest BCUT2D eigenvalue weighted by Gasteiger charge is 2.44. The molecule has 1 amide bonds. The fraction of sp³-hybridized carbons (Fsp3) is 0.300. The highest BCUT2D eigenvalue weighted by atomic mass is 16.5. The molecule has 0 bridgehead atoms. The monoisotopic (exact) mass is 482 g/mol. The zero-order valence-electron chi connectivity index (χ0n) is 20.9. The fourth-order valence-electron chi connectivity index (χ4n) is 4.76. The number of anilines is 1. The van der Waals surface area contributed by atoms with E-state index in [4.69, 9.17) is 9.15 Å². The molecule has 0 radical (unpaired) electrons. The van der Waals surface area contributed by atoms with Crippen molar-refractivity contribution in [2.45, 2.75) is 52.5 Å². The van der Waals surface area contributed by atoms with Crippen molar-refractivity contribution in [1.82, 2.24) is 4.98 Å². The van der Waals surface area contributed by atoms with Gasteiger partial charge in [-0.3, -0.25) is 14.5 Å². The number of benzene rings is 2. The number of nitrogens with zero attached hydrogens (tertiary/aromatic N) is 2. The summed E-state index contributed by atoms with van der Waals surface area (Å²) in [6.07, 6.45) is 6.22. The van der Waals surface area contributed by atoms with Gasteiger partial charge in [0.25, 0.3) is 5.91 Å². The lowest BCUT2D eigenvalue weighted by Gasteiger charge is -2.24. The van der Waals surface area contributed by atoms with Gasteiger partial charge >= 0.3 is 0 Å². The topological polar surface area (TPSA) is 72.6 Å². The van der Waals surface area contributed by atoms with Crippen LogP contribution in [0.15, 0.2) is 70.0 Å². The second kappa shape index (κ2) is 9.97. The van der Waals surface area contributed by atoms with Gasteiger partial charge in [0.15, 0.2) is 5.43 Å². The normalized spacial score (nSPS) is 14.9. The number of rotatable bonds is 8. The van der Waals surface area contributed by atoms with Gasteiger partial charge < -0.3 is 9.15 Å². The first-order chi connectivity index (χ1) is 17.5. The average molecular weight is 483 g/mol. The van der Waals surface area contributed by atoms with Crippen molar-refractivity contribution in [2.24, 2.45) is 0 Å². The Morgan fingerprint density at radius 2 is 1.72 bits per heavy atom. The SMILES string of the molecule is CCCCCCOc1ccc([C@@H]2c3c(oc4ccc(C)cc4c3=O)C(=O)N2c2cc(C)ccn2)cc1. The zero-order chi connectivity index (χ0) is 25.2. The summed E-state index contributed by atoms with van der Waals surface area (Å²) in [4.78, 5) is 33.5. The summed E-state index contributed by atoms with van der Waals surface area (Å²) >= 11 is 0. The molecule has 0 spiro atoms. The van der Waals surface area contributed by atoms with Crippen LogP contribution in [0.4, 0.5) is 5.82 Å². The Morgan fingerprint density at radius 3 is 2.47 bits per heavy atom. The summed E-state index contributed by atoms with van der Waals surface area (Å²) in [5, 5.41) is 0.470. The van der Waals surface area contributed by atoms with E-state index in [1.54, 1.807) is 17.2 Å². The van der Waals surface area contributed by atoms with Crippen molar-refractivity contribution in [3.63, 3.8) is 0 Å². The molecule has 6 heteroatoms. The molecule has 0 N–H and O–H groups in total. The third-order valence-electron chi connectivity index (χ3n) is 6.64. The molecule has 1 aliphatic rings. The Balaban J connectivity index is 1.58. The van der Waals surface area contributed by atoms with Crippen LogP contribution in [0, 0.1) is 13.8 Å². The molecule has 184 valence electrons. The zero-order valence-corrected chi connectivity index (χ0v) is 20.9. The lowest BCUT2D eigenvalue weighted by molar-refractivity contribution is 0.0970. The molecule has 1 aliphatic heterocycles. The van der Waals surface area contributed by atoms with Crippen molar-refractivity contribution < 1.29 is 13.9 Å². The molecule has 0 aliphatic carbocycles. The van der Waals surface area contributed by atoms with E-state index in [9.17, 15) is 9.59 Å². The van der Waals surface area contributed by atoms with Crippen LogP contribution in [0.3, 0.4) is 0 Å². The summed E-state index contributed by atoms with van der Waals surface area (Å²) < 4.78 is 12.0. The van der Waals surface area contributed by atoms with E-state index in [0.717, 1.165) is 35.3 Å². The van der Waals surface area contributed by atoms with Crippen LogP contribution in [0.5, 0.6) is 5.75 Å². The number of fused-ring (bicyclic) bond motifs is 2. The minimum atomic E-state index is -0.651. The maximum atomic E-state index is 13.8. The second-order valence-electron chi connectivity index (χ2n) is 9.42. The standard InChI is InChI=1S/C30H30N2O4/c1-4-5-6-7-16-35-22-11-9-21(10-12-22)27-26-28(33)23-17-19(2)8-13-24(23)36-29(26)30(34)32(27)25-18-20(3)14-15-31-25/h8-15,17-18,27H,4-7,16H2,1-3H3/t27-/m1/s1. The fourth-order valence-corrected chi connectivity index (χ4v) is 4.76. The number of hydrogen-bond donors (Lipinski definition) is 0. The molecule has 5 rings (SSSR count). The minimum Gasteiger partial charge on any atom is -0.494 e. The van der Waals surface area contributed by atoms with E-state index in [2.05, 4.69) is 11.9 Å². The molecular formula is C30H30N2O4. The van der Waals surface area contributed by atoms with E-state index >= 15 is 0 Å². The number of unbranched alkanes of at least 4 members (excludes halogenated alkanes) is 3. The summed E-state index contributed by atoms with van der Waals surface area (Å²) in [7, 11) is 0. The van der Waals surface area contributed by atoms with Crippen LogP contribution in [-0.4, -0.2) is 17.5 Å². The van der Waals surface area contributed by atoms with E-state index in [-0.39, 0.29) is 17.1 Å². The Kier molecular flexibility index (Phi) is 6.59. The van der Waals surface area contributed by atoms with Gasteiger partial charge in [-0.1, -0.05) is 49.9 Å². The third-order valence-corrected chi connectivity index (χ3v) is 6.64. The molecule has 1 atom stereocenters. The predicted octanol–water partition coefficient (Wildman–Crippen LogP) is 6.51. The molecule has 36 heavy (non-hydrogen) atoms. The quantitative estimate of drug-likeness (QED) is 0.268. The van der Waals surface area contributed by atoms with Crippen LogP contribution < -0.4 is 15.1 Å². The van der Waals surface area contributed by atoms with Gasteiger partial charge in [-0.15, -0.1) is 0 Å². The van der Waals surface area contributed by atoms with Gasteiger partial charge in [0.1, 0.15) is 17.2 Å². The van der Waals surface area contributed by atoms with Gasteiger partial charge in [-0.2, -0.15) is 0 Å². The van der Waals surface area contributed by atoms with Crippen molar-refractivity contribution in [3.8, 4) is 5.75 Å². The molecule has 0 saturated heterocycles. The molecule has 0 saturated carbocycles. The van der Waals surface area contributed by atoms with Crippen LogP contribution in [0.25, 0.3) is 11.0 Å². The van der Waals surface area contributed by atoms with Crippen LogP contribution in [-0.2, 0) is 0 Å². The smallest absolute Gasteiger partial charge is 0.296 e. The first-order valence-electron chi connectivity index (χ1n) is 12.5. The van der Waals surface area contributed by atoms with Crippen molar-refractivity contribution in [2.75, 3.05) is 11.5 Å². The van der Waals surface area contributed by atoms with Gasteiger partial charge in [-0.25, -0.2) is 4.98 Å². The summed E-state index contributed by atoms with van der Waals surface area (Å²) in [6, 6.07) is 16.1. The minimum absolute atomic E-state index is 0.0703. The molecule has 4 aromatic rings. The molecule has 2 aromatic heterocycles. The summed E-state index contributed by atoms with van der Waals surface area (Å²) in [6.45, 7) is 6.73. The number of ether oxygens (including phenoxy) is 1. The number of aromatic nitrogens is 1. The lowest BCUT2D eigenvalue weighted by Crippen LogP contribution is -2.30. The van der Waals surface area contributed by atoms with Crippen molar-refractivity contribution >= 4 is 22.7 Å². The van der Waals surface area contributed by atoms with Crippen molar-refractivity contribution in [1.29, 1.82) is 0 Å². The second-order valence-corrected chi connectivity index (χ2v) is 9.42. The number of aryl methyl sites for hydroxylation is 2. The number of hydrogen-bond acceptors (Lipinski definition) is 5. The first kappa shape index (κ1) is 23.8. The summed E-state index contributed by atoms with van der Waals surface area (Å²) in [5.41, 5.74) is 3.27. The average Bonchev–Trinajstić information content (AvgIpc) is 3.17. The summed E-state index contributed by atoms with van der Waals surface area (Å²) in [5.74, 6) is 0.943. The number of pyridine rings is 1. The molecule has 6 nitrogen and oxygen atoms in total. The lowest BCUT2D eigenvalue weighted by atomic mass is 9.98. The number of amides is 1. The Bertz CT molecular complexity index is 1470. The predicted molar refractivity (Wildman–Crippen MR) is 141 cm³/mol. The Hall–Kier alpha value is -3.93. The number of carbonyl (C=O) groups excluding carboxylic acids is 1. The maximum Gasteiger partial charge on any atom is 0.296 e. The van der Waals surface area contributed by atoms with E-state index < -0.39 is 6.04 Å². The van der Waals surface area contributed by atoms with Crippen LogP contribution in [0.2, 0.25) is 0 Å². The highest BCUT2D eigenvalue weighted by molar-refractivity contribution is 6.10. The molecule has 0 unspecified atom stereocenters. The van der Waals surface area contributed by atoms with Crippen molar-refractivity contribution in [3.05, 3.63) is 99.0 Å². The van der Waals surface area contributed by atoms with Crippen LogP contribution in [0.1, 0.15) is 71.5 Å². The third kappa shape index (κ3) is 4.39. The van der Waals surface area contributed by atoms with Crippen LogP contribution >= 0.6 is 0 Å². The largest absolute Gasteiger partial charge is 0.494 e.